The molecule has 2 rings (SSSR count). The topological polar surface area (TPSA) is 70.7 Å². The summed E-state index contributed by atoms with van der Waals surface area (Å²) in [4.78, 5) is 25.6. The lowest BCUT2D eigenvalue weighted by Crippen LogP contribution is -2.52. The van der Waals surface area contributed by atoms with Crippen LogP contribution in [0.5, 0.6) is 0 Å². The van der Waals surface area contributed by atoms with Crippen molar-refractivity contribution in [2.75, 3.05) is 33.4 Å². The zero-order chi connectivity index (χ0) is 14.4. The van der Waals surface area contributed by atoms with Crippen LogP contribution in [0.2, 0.25) is 0 Å². The number of hydrogen-bond acceptors (Lipinski definition) is 4. The van der Waals surface area contributed by atoms with Crippen LogP contribution in [0.1, 0.15) is 32.1 Å². The number of hydrogen-bond donors (Lipinski definition) is 2. The minimum absolute atomic E-state index is 0.0306. The number of ether oxygens (including phenoxy) is 1. The Morgan fingerprint density at radius 1 is 1.25 bits per heavy atom. The van der Waals surface area contributed by atoms with Gasteiger partial charge in [0.2, 0.25) is 11.8 Å². The Balaban J connectivity index is 1.71. The Kier molecular flexibility index (Phi) is 5.79. The first-order valence-electron chi connectivity index (χ1n) is 7.51. The average Bonchev–Trinajstić information content (AvgIpc) is 2.49. The number of methoxy groups -OCH3 is 1. The van der Waals surface area contributed by atoms with Gasteiger partial charge in [0, 0.05) is 26.2 Å². The quantitative estimate of drug-likeness (QED) is 0.755. The molecule has 114 valence electrons. The molecular formula is C14H25N3O3. The molecule has 0 radical (unpaired) electrons. The number of carbonyl (C=O) groups is 2. The monoisotopic (exact) mass is 283 g/mol. The maximum absolute atomic E-state index is 12.1. The fourth-order valence-corrected chi connectivity index (χ4v) is 2.87. The van der Waals surface area contributed by atoms with Gasteiger partial charge in [0.1, 0.15) is 6.61 Å². The molecule has 0 unspecified atom stereocenters. The molecule has 0 saturated carbocycles. The zero-order valence-electron chi connectivity index (χ0n) is 12.2. The van der Waals surface area contributed by atoms with Crippen LogP contribution in [0.25, 0.3) is 0 Å². The molecule has 2 fully saturated rings. The average molecular weight is 283 g/mol. The van der Waals surface area contributed by atoms with Crippen LogP contribution in [0.15, 0.2) is 0 Å². The van der Waals surface area contributed by atoms with Crippen LogP contribution in [-0.2, 0) is 14.3 Å². The molecule has 2 aliphatic rings. The highest BCUT2D eigenvalue weighted by Crippen LogP contribution is 2.12. The first-order valence-corrected chi connectivity index (χ1v) is 7.51. The molecule has 2 aliphatic heterocycles. The number of nitrogens with one attached hydrogen (secondary N) is 2. The lowest BCUT2D eigenvalue weighted by atomic mass is 10.0. The predicted molar refractivity (Wildman–Crippen MR) is 75.3 cm³/mol. The van der Waals surface area contributed by atoms with Gasteiger partial charge in [0.25, 0.3) is 0 Å². The van der Waals surface area contributed by atoms with Crippen molar-refractivity contribution in [1.82, 2.24) is 15.5 Å². The van der Waals surface area contributed by atoms with E-state index in [1.807, 2.05) is 4.90 Å². The third-order valence-corrected chi connectivity index (χ3v) is 4.09. The highest BCUT2D eigenvalue weighted by molar-refractivity contribution is 5.82. The maximum atomic E-state index is 12.1. The van der Waals surface area contributed by atoms with Gasteiger partial charge in [0.15, 0.2) is 0 Å². The molecule has 2 amide bonds. The predicted octanol–water partition coefficient (Wildman–Crippen LogP) is -0.118. The lowest BCUT2D eigenvalue weighted by Gasteiger charge is -2.33. The lowest BCUT2D eigenvalue weighted by molar-refractivity contribution is -0.136. The Bertz CT molecular complexity index is 335. The van der Waals surface area contributed by atoms with Crippen molar-refractivity contribution in [1.29, 1.82) is 0 Å². The molecule has 2 heterocycles. The normalized spacial score (nSPS) is 24.4. The van der Waals surface area contributed by atoms with Crippen LogP contribution in [0.3, 0.4) is 0 Å². The molecule has 20 heavy (non-hydrogen) atoms. The highest BCUT2D eigenvalue weighted by atomic mass is 16.5. The first-order chi connectivity index (χ1) is 9.70. The summed E-state index contributed by atoms with van der Waals surface area (Å²) >= 11 is 0. The number of likely N-dealkylation sites (tertiary alicyclic amines) is 1. The number of rotatable bonds is 4. The Labute approximate surface area is 120 Å². The van der Waals surface area contributed by atoms with E-state index in [4.69, 9.17) is 4.74 Å². The van der Waals surface area contributed by atoms with E-state index >= 15 is 0 Å². The summed E-state index contributed by atoms with van der Waals surface area (Å²) in [5.74, 6) is 0.151. The van der Waals surface area contributed by atoms with E-state index in [0.29, 0.717) is 13.1 Å². The van der Waals surface area contributed by atoms with Gasteiger partial charge in [-0.1, -0.05) is 6.42 Å². The zero-order valence-corrected chi connectivity index (χ0v) is 12.2. The summed E-state index contributed by atoms with van der Waals surface area (Å²) in [5, 5.41) is 6.37. The molecule has 0 bridgehead atoms. The third kappa shape index (κ3) is 4.18. The molecule has 6 heteroatoms. The smallest absolute Gasteiger partial charge is 0.248 e. The van der Waals surface area contributed by atoms with Crippen molar-refractivity contribution in [2.45, 2.75) is 44.2 Å². The molecule has 0 aromatic rings. The van der Waals surface area contributed by atoms with Gasteiger partial charge in [-0.2, -0.15) is 0 Å². The first kappa shape index (κ1) is 15.3. The van der Waals surface area contributed by atoms with Gasteiger partial charge in [0.05, 0.1) is 6.04 Å². The van der Waals surface area contributed by atoms with Gasteiger partial charge in [-0.05, 0) is 32.2 Å². The molecule has 0 spiro atoms. The molecule has 2 N–H and O–H groups in total. The second kappa shape index (κ2) is 7.59. The third-order valence-electron chi connectivity index (χ3n) is 4.09. The summed E-state index contributed by atoms with van der Waals surface area (Å²) in [6.07, 6.45) is 4.86. The Hall–Kier alpha value is -1.14. The summed E-state index contributed by atoms with van der Waals surface area (Å²) in [6.45, 7) is 2.47. The minimum atomic E-state index is -0.0306. The van der Waals surface area contributed by atoms with E-state index in [2.05, 4.69) is 10.6 Å². The van der Waals surface area contributed by atoms with Crippen molar-refractivity contribution in [3.63, 3.8) is 0 Å². The van der Waals surface area contributed by atoms with E-state index in [-0.39, 0.29) is 30.5 Å². The van der Waals surface area contributed by atoms with Crippen molar-refractivity contribution in [2.24, 2.45) is 0 Å². The molecule has 2 saturated heterocycles. The number of nitrogens with zero attached hydrogens (tertiary/aromatic N) is 1. The van der Waals surface area contributed by atoms with Gasteiger partial charge >= 0.3 is 0 Å². The molecule has 0 aliphatic carbocycles. The summed E-state index contributed by atoms with van der Waals surface area (Å²) in [6, 6.07) is 0.162. The van der Waals surface area contributed by atoms with E-state index < -0.39 is 0 Å². The number of piperidine rings is 2. The SMILES string of the molecule is COCC(=O)N1CCC(NC(=O)[C@H]2CCCCN2)CC1. The molecule has 1 atom stereocenters. The summed E-state index contributed by atoms with van der Waals surface area (Å²) in [7, 11) is 1.53. The fraction of sp³-hybridized carbons (Fsp3) is 0.857. The van der Waals surface area contributed by atoms with Gasteiger partial charge < -0.3 is 20.3 Å². The fourth-order valence-electron chi connectivity index (χ4n) is 2.87. The van der Waals surface area contributed by atoms with Crippen LogP contribution in [0, 0.1) is 0 Å². The molecular weight excluding hydrogens is 258 g/mol. The Morgan fingerprint density at radius 3 is 2.60 bits per heavy atom. The van der Waals surface area contributed by atoms with Crippen molar-refractivity contribution < 1.29 is 14.3 Å². The van der Waals surface area contributed by atoms with Crippen LogP contribution in [0.4, 0.5) is 0 Å². The van der Waals surface area contributed by atoms with Crippen LogP contribution >= 0.6 is 0 Å². The largest absolute Gasteiger partial charge is 0.375 e. The molecule has 0 aromatic heterocycles. The Morgan fingerprint density at radius 2 is 2.00 bits per heavy atom. The summed E-state index contributed by atoms with van der Waals surface area (Å²) in [5.41, 5.74) is 0. The highest BCUT2D eigenvalue weighted by Gasteiger charge is 2.26. The maximum Gasteiger partial charge on any atom is 0.248 e. The standard InChI is InChI=1S/C14H25N3O3/c1-20-10-13(18)17-8-5-11(6-9-17)16-14(19)12-4-2-3-7-15-12/h11-12,15H,2-10H2,1H3,(H,16,19)/t12-/m1/s1. The van der Waals surface area contributed by atoms with Gasteiger partial charge in [-0.3, -0.25) is 9.59 Å². The van der Waals surface area contributed by atoms with Crippen LogP contribution < -0.4 is 10.6 Å². The van der Waals surface area contributed by atoms with E-state index in [1.54, 1.807) is 0 Å². The van der Waals surface area contributed by atoms with Crippen molar-refractivity contribution >= 4 is 11.8 Å². The molecule has 0 aromatic carbocycles. The van der Waals surface area contributed by atoms with Crippen molar-refractivity contribution in [3.8, 4) is 0 Å². The van der Waals surface area contributed by atoms with E-state index in [9.17, 15) is 9.59 Å². The van der Waals surface area contributed by atoms with Gasteiger partial charge in [-0.25, -0.2) is 0 Å². The summed E-state index contributed by atoms with van der Waals surface area (Å²) < 4.78 is 4.86. The van der Waals surface area contributed by atoms with Crippen LogP contribution in [-0.4, -0.2) is 62.1 Å². The number of amides is 2. The molecule has 6 nitrogen and oxygen atoms in total. The second-order valence-electron chi connectivity index (χ2n) is 5.60. The number of carbonyl (C=O) groups excluding carboxylic acids is 2. The van der Waals surface area contributed by atoms with E-state index in [0.717, 1.165) is 38.6 Å². The van der Waals surface area contributed by atoms with Crippen molar-refractivity contribution in [3.05, 3.63) is 0 Å². The van der Waals surface area contributed by atoms with E-state index in [1.165, 1.54) is 7.11 Å². The van der Waals surface area contributed by atoms with Gasteiger partial charge in [-0.15, -0.1) is 0 Å². The second-order valence-corrected chi connectivity index (χ2v) is 5.60. The minimum Gasteiger partial charge on any atom is -0.375 e.